The zero-order valence-electron chi connectivity index (χ0n) is 31.2. The summed E-state index contributed by atoms with van der Waals surface area (Å²) >= 11 is 0.675. The Hall–Kier alpha value is -4.65. The number of nitrogens with two attached hydrogens (primary N) is 2. The van der Waals surface area contributed by atoms with Gasteiger partial charge in [-0.1, -0.05) is 19.1 Å². The van der Waals surface area contributed by atoms with Crippen LogP contribution in [0.2, 0.25) is 0 Å². The van der Waals surface area contributed by atoms with Gasteiger partial charge in [0.1, 0.15) is 58.1 Å². The van der Waals surface area contributed by atoms with Crippen molar-refractivity contribution >= 4 is 56.9 Å². The van der Waals surface area contributed by atoms with Crippen LogP contribution in [0.4, 0.5) is 43.0 Å². The van der Waals surface area contributed by atoms with Crippen molar-refractivity contribution in [2.75, 3.05) is 69.2 Å². The van der Waals surface area contributed by atoms with Crippen molar-refractivity contribution in [3.8, 4) is 29.0 Å². The van der Waals surface area contributed by atoms with Crippen LogP contribution in [0.1, 0.15) is 42.9 Å². The molecule has 2 unspecified atom stereocenters. The fraction of sp³-hybridized carbons (Fsp3) is 0.421. The highest BCUT2D eigenvalue weighted by molar-refractivity contribution is 7.55. The second-order valence-corrected chi connectivity index (χ2v) is 17.6. The van der Waals surface area contributed by atoms with Gasteiger partial charge in [0.05, 0.1) is 29.3 Å². The number of fused-ring (bicyclic) bond motifs is 2. The molecule has 0 bridgehead atoms. The SMILES string of the molecule is CCP(C)C.COc1nc2c3c(c(C(F)(F)F)c(-c4ccc(F)c5sc(N)c(C#N)c45)c(F)c3n1)OCCN2Cc1cccnc1N.FC1CC2CCCN2C1. The molecule has 298 valence electrons. The Bertz CT molecular complexity index is 2270. The molecule has 2 saturated heterocycles. The van der Waals surface area contributed by atoms with Gasteiger partial charge in [0, 0.05) is 41.8 Å². The van der Waals surface area contributed by atoms with Crippen molar-refractivity contribution < 1.29 is 35.8 Å². The highest BCUT2D eigenvalue weighted by Crippen LogP contribution is 2.53. The van der Waals surface area contributed by atoms with E-state index in [0.717, 1.165) is 25.1 Å². The number of halogens is 6. The number of aromatic nitrogens is 3. The molecule has 3 aromatic heterocycles. The Labute approximate surface area is 325 Å². The van der Waals surface area contributed by atoms with Crippen LogP contribution in [0.3, 0.4) is 0 Å². The zero-order chi connectivity index (χ0) is 40.5. The summed E-state index contributed by atoms with van der Waals surface area (Å²) in [7, 11) is 1.63. The van der Waals surface area contributed by atoms with Gasteiger partial charge in [-0.2, -0.15) is 28.4 Å². The molecule has 10 nitrogen and oxygen atoms in total. The van der Waals surface area contributed by atoms with Gasteiger partial charge in [-0.25, -0.2) is 18.2 Å². The van der Waals surface area contributed by atoms with Crippen LogP contribution in [0, 0.1) is 23.0 Å². The second kappa shape index (κ2) is 16.8. The van der Waals surface area contributed by atoms with Crippen LogP contribution in [0.15, 0.2) is 30.5 Å². The largest absolute Gasteiger partial charge is 0.490 e. The van der Waals surface area contributed by atoms with Gasteiger partial charge in [0.25, 0.3) is 0 Å². The molecule has 3 aliphatic rings. The Balaban J connectivity index is 0.000000318. The van der Waals surface area contributed by atoms with E-state index in [4.69, 9.17) is 20.9 Å². The molecule has 3 aliphatic heterocycles. The summed E-state index contributed by atoms with van der Waals surface area (Å²) in [5.41, 5.74) is 8.81. The van der Waals surface area contributed by atoms with Gasteiger partial charge in [0.2, 0.25) is 0 Å². The van der Waals surface area contributed by atoms with Gasteiger partial charge >= 0.3 is 12.2 Å². The molecule has 0 radical (unpaired) electrons. The van der Waals surface area contributed by atoms with Crippen LogP contribution in [-0.2, 0) is 12.7 Å². The number of nitrogens with zero attached hydrogens (tertiary/aromatic N) is 6. The third-order valence-electron chi connectivity index (χ3n) is 9.95. The van der Waals surface area contributed by atoms with Crippen LogP contribution in [0.25, 0.3) is 32.1 Å². The highest BCUT2D eigenvalue weighted by Gasteiger charge is 2.44. The Morgan fingerprint density at radius 1 is 1.12 bits per heavy atom. The first-order valence-electron chi connectivity index (χ1n) is 17.9. The smallest absolute Gasteiger partial charge is 0.420 e. The Kier molecular flexibility index (Phi) is 12.3. The predicted molar refractivity (Wildman–Crippen MR) is 210 cm³/mol. The molecule has 56 heavy (non-hydrogen) atoms. The van der Waals surface area contributed by atoms with E-state index in [0.29, 0.717) is 37.4 Å². The maximum Gasteiger partial charge on any atom is 0.420 e. The fourth-order valence-electron chi connectivity index (χ4n) is 7.09. The lowest BCUT2D eigenvalue weighted by molar-refractivity contribution is -0.138. The number of nitrogen functional groups attached to an aromatic ring is 2. The first-order chi connectivity index (χ1) is 26.7. The minimum atomic E-state index is -5.17. The Morgan fingerprint density at radius 3 is 2.52 bits per heavy atom. The third-order valence-corrected chi connectivity index (χ3v) is 12.2. The molecule has 0 spiro atoms. The molecule has 6 heterocycles. The number of anilines is 3. The average Bonchev–Trinajstić information content (AvgIpc) is 3.81. The first kappa shape index (κ1) is 41.0. The van der Waals surface area contributed by atoms with Crippen molar-refractivity contribution in [2.24, 2.45) is 0 Å². The molecule has 0 aliphatic carbocycles. The maximum absolute atomic E-state index is 16.6. The van der Waals surface area contributed by atoms with Crippen LogP contribution in [-0.4, -0.2) is 84.9 Å². The number of pyridine rings is 1. The summed E-state index contributed by atoms with van der Waals surface area (Å²) in [6, 6.07) is 7.29. The number of nitriles is 1. The van der Waals surface area contributed by atoms with Crippen LogP contribution < -0.4 is 25.8 Å². The van der Waals surface area contributed by atoms with E-state index in [1.165, 1.54) is 32.3 Å². The van der Waals surface area contributed by atoms with E-state index in [9.17, 15) is 27.2 Å². The van der Waals surface area contributed by atoms with Crippen LogP contribution in [0.5, 0.6) is 11.8 Å². The van der Waals surface area contributed by atoms with E-state index in [-0.39, 0.29) is 63.4 Å². The molecule has 0 saturated carbocycles. The minimum Gasteiger partial charge on any atom is -0.490 e. The summed E-state index contributed by atoms with van der Waals surface area (Å²) < 4.78 is 99.6. The molecule has 0 amide bonds. The summed E-state index contributed by atoms with van der Waals surface area (Å²) in [6.45, 7) is 8.50. The van der Waals surface area contributed by atoms with Gasteiger partial charge < -0.3 is 25.8 Å². The van der Waals surface area contributed by atoms with E-state index in [1.807, 2.05) is 0 Å². The predicted octanol–water partition coefficient (Wildman–Crippen LogP) is 8.59. The van der Waals surface area contributed by atoms with Crippen molar-refractivity contribution in [1.29, 1.82) is 5.26 Å². The van der Waals surface area contributed by atoms with Gasteiger partial charge in [-0.15, -0.1) is 19.3 Å². The number of hydrogen-bond acceptors (Lipinski definition) is 11. The molecule has 5 aromatic rings. The van der Waals surface area contributed by atoms with Gasteiger partial charge in [-0.3, -0.25) is 4.90 Å². The second-order valence-electron chi connectivity index (χ2n) is 13.7. The quantitative estimate of drug-likeness (QED) is 0.131. The summed E-state index contributed by atoms with van der Waals surface area (Å²) in [4.78, 5) is 16.3. The average molecular weight is 819 g/mol. The van der Waals surface area contributed by atoms with E-state index >= 15 is 4.39 Å². The number of benzene rings is 2. The van der Waals surface area contributed by atoms with Crippen molar-refractivity contribution in [3.63, 3.8) is 0 Å². The standard InChI is InChI=1S/C27H18F5N7O2S.C7H12FN.C4H11P/c1-40-26-37-20-17-21(41-8-7-39(25(17)38-26)10-11-3-2-6-36-23(11)34)18(27(30,31)32)16(19(20)29)12-4-5-14(28)22-15(12)13(9-33)24(35)42-22;8-6-4-7-2-1-3-9(7)5-6;1-4-5(2)3/h2-6H,7-8,10,35H2,1H3,(H2,34,36);6-7H,1-5H2;4H2,1-3H3. The number of alkyl halides is 4. The highest BCUT2D eigenvalue weighted by atomic mass is 32.1. The lowest BCUT2D eigenvalue weighted by Gasteiger charge is -2.24. The van der Waals surface area contributed by atoms with E-state index < -0.39 is 51.9 Å². The number of ether oxygens (including phenoxy) is 2. The molecule has 2 fully saturated rings. The summed E-state index contributed by atoms with van der Waals surface area (Å²) in [5, 5.41) is 9.00. The van der Waals surface area contributed by atoms with Gasteiger partial charge in [-0.05, 0) is 63.0 Å². The lowest BCUT2D eigenvalue weighted by atomic mass is 9.91. The molecule has 2 aromatic carbocycles. The molecule has 8 rings (SSSR count). The fourth-order valence-corrected chi connectivity index (χ4v) is 8.04. The number of rotatable bonds is 5. The number of hydrogen-bond donors (Lipinski definition) is 2. The van der Waals surface area contributed by atoms with Crippen molar-refractivity contribution in [3.05, 3.63) is 58.8 Å². The van der Waals surface area contributed by atoms with Crippen molar-refractivity contribution in [2.45, 2.75) is 51.1 Å². The van der Waals surface area contributed by atoms with E-state index in [1.54, 1.807) is 23.1 Å². The molecular weight excluding hydrogens is 778 g/mol. The molecule has 18 heteroatoms. The molecular formula is C38H41F6N8O2PS. The summed E-state index contributed by atoms with van der Waals surface area (Å²) in [5.74, 6) is -2.82. The third kappa shape index (κ3) is 8.10. The molecule has 2 atom stereocenters. The number of thiophene rings is 1. The molecule has 4 N–H and O–H groups in total. The topological polar surface area (TPSA) is 139 Å². The normalized spacial score (nSPS) is 17.8. The number of methoxy groups -OCH3 is 1. The van der Waals surface area contributed by atoms with E-state index in [2.05, 4.69) is 40.1 Å². The minimum absolute atomic E-state index is 0.0347. The zero-order valence-corrected chi connectivity index (χ0v) is 32.9. The maximum atomic E-state index is 16.6. The Morgan fingerprint density at radius 2 is 1.88 bits per heavy atom. The van der Waals surface area contributed by atoms with Crippen LogP contribution >= 0.6 is 19.3 Å². The monoisotopic (exact) mass is 818 g/mol. The summed E-state index contributed by atoms with van der Waals surface area (Å²) in [6.07, 6.45) is 0.501. The van der Waals surface area contributed by atoms with Crippen molar-refractivity contribution in [1.82, 2.24) is 19.9 Å². The first-order valence-corrected chi connectivity index (χ1v) is 21.1. The van der Waals surface area contributed by atoms with Gasteiger partial charge in [0.15, 0.2) is 5.82 Å². The lowest BCUT2D eigenvalue weighted by Crippen LogP contribution is -2.28.